The van der Waals surface area contributed by atoms with E-state index in [0.29, 0.717) is 44.9 Å². The number of allylic oxidation sites excluding steroid dienone is 2. The molecule has 0 spiro atoms. The normalized spacial score (nSPS) is 10.9. The van der Waals surface area contributed by atoms with Crippen LogP contribution in [0.3, 0.4) is 0 Å². The summed E-state index contributed by atoms with van der Waals surface area (Å²) in [5.41, 5.74) is 2.28. The molecule has 1 aromatic rings. The summed E-state index contributed by atoms with van der Waals surface area (Å²) < 4.78 is 9.93. The van der Waals surface area contributed by atoms with Crippen molar-refractivity contribution in [3.63, 3.8) is 0 Å². The Labute approximate surface area is 189 Å². The van der Waals surface area contributed by atoms with Crippen molar-refractivity contribution in [2.75, 3.05) is 52.4 Å². The van der Waals surface area contributed by atoms with Gasteiger partial charge in [0.2, 0.25) is 11.8 Å². The minimum Gasteiger partial charge on any atom is -0.468 e. The number of nitrogens with zero attached hydrogens (tertiary/aromatic N) is 2. The number of hydrogen-bond acceptors (Lipinski definition) is 7. The van der Waals surface area contributed by atoms with Crippen LogP contribution in [0.1, 0.15) is 25.3 Å². The first-order chi connectivity index (χ1) is 15.3. The third-order valence-electron chi connectivity index (χ3n) is 4.77. The molecule has 0 unspecified atom stereocenters. The van der Waals surface area contributed by atoms with Crippen LogP contribution >= 0.6 is 0 Å². The van der Waals surface area contributed by atoms with Crippen molar-refractivity contribution in [2.24, 2.45) is 0 Å². The van der Waals surface area contributed by atoms with Crippen LogP contribution in [0.2, 0.25) is 0 Å². The maximum absolute atomic E-state index is 12.5. The van der Waals surface area contributed by atoms with Gasteiger partial charge in [0.1, 0.15) is 6.42 Å². The number of likely N-dealkylation sites (N-methyl/N-ethyl adjacent to an activating group) is 1. The number of hydrogen-bond donors (Lipinski definition) is 1. The number of carbonyl (C=O) groups excluding carboxylic acids is 4. The molecule has 176 valence electrons. The number of amides is 2. The summed E-state index contributed by atoms with van der Waals surface area (Å²) >= 11 is 0. The highest BCUT2D eigenvalue weighted by Crippen LogP contribution is 2.16. The molecular weight excluding hydrogens is 414 g/mol. The van der Waals surface area contributed by atoms with Crippen LogP contribution in [0.5, 0.6) is 0 Å². The van der Waals surface area contributed by atoms with E-state index in [9.17, 15) is 19.2 Å². The van der Waals surface area contributed by atoms with Gasteiger partial charge < -0.3 is 24.6 Å². The van der Waals surface area contributed by atoms with Gasteiger partial charge in [0, 0.05) is 64.6 Å². The van der Waals surface area contributed by atoms with Gasteiger partial charge >= 0.3 is 0 Å². The van der Waals surface area contributed by atoms with Gasteiger partial charge in [-0.3, -0.25) is 19.2 Å². The molecular formula is C23H33N3O6. The van der Waals surface area contributed by atoms with E-state index in [0.717, 1.165) is 11.3 Å². The van der Waals surface area contributed by atoms with Gasteiger partial charge in [-0.2, -0.15) is 0 Å². The van der Waals surface area contributed by atoms with Gasteiger partial charge in [0.15, 0.2) is 5.78 Å². The summed E-state index contributed by atoms with van der Waals surface area (Å²) in [6.45, 7) is 3.61. The van der Waals surface area contributed by atoms with E-state index < -0.39 is 0 Å². The quantitative estimate of drug-likeness (QED) is 0.187. The van der Waals surface area contributed by atoms with Crippen molar-refractivity contribution in [3.05, 3.63) is 41.6 Å². The molecule has 0 atom stereocenters. The van der Waals surface area contributed by atoms with Crippen LogP contribution in [0.4, 0.5) is 5.69 Å². The zero-order valence-corrected chi connectivity index (χ0v) is 19.3. The number of ketones is 1. The number of ether oxygens (including phenoxy) is 2. The standard InChI is InChI=1S/C23H33N3O6/c1-18(24-2)14-21(28)15-19-6-8-20(9-7-19)26(4)23(30)16-22(29)25(3)10-13-31-11-5-12-32-17-27/h6-9,14,17,24H,5,10-13,15-16H2,1-4H3/b18-14-. The average Bonchev–Trinajstić information content (AvgIpc) is 2.77. The number of benzene rings is 1. The predicted molar refractivity (Wildman–Crippen MR) is 121 cm³/mol. The van der Waals surface area contributed by atoms with E-state index in [4.69, 9.17) is 4.74 Å². The highest BCUT2D eigenvalue weighted by molar-refractivity contribution is 6.04. The highest BCUT2D eigenvalue weighted by Gasteiger charge is 2.18. The summed E-state index contributed by atoms with van der Waals surface area (Å²) in [4.78, 5) is 49.7. The molecule has 0 aromatic heterocycles. The Balaban J connectivity index is 2.46. The number of carbonyl (C=O) groups is 4. The lowest BCUT2D eigenvalue weighted by atomic mass is 10.1. The largest absolute Gasteiger partial charge is 0.468 e. The van der Waals surface area contributed by atoms with Crippen LogP contribution in [0.15, 0.2) is 36.0 Å². The Bertz CT molecular complexity index is 791. The Morgan fingerprint density at radius 1 is 1.03 bits per heavy atom. The second-order valence-electron chi connectivity index (χ2n) is 7.26. The maximum atomic E-state index is 12.5. The Morgan fingerprint density at radius 3 is 2.34 bits per heavy atom. The van der Waals surface area contributed by atoms with Crippen molar-refractivity contribution < 1.29 is 28.7 Å². The third kappa shape index (κ3) is 10.2. The molecule has 0 radical (unpaired) electrons. The van der Waals surface area contributed by atoms with Crippen molar-refractivity contribution in [1.29, 1.82) is 0 Å². The Morgan fingerprint density at radius 2 is 1.72 bits per heavy atom. The monoisotopic (exact) mass is 447 g/mol. The SMILES string of the molecule is CN/C(C)=C\C(=O)Cc1ccc(N(C)C(=O)CC(=O)N(C)CCOCCCOC=O)cc1. The second kappa shape index (κ2) is 14.7. The van der Waals surface area contributed by atoms with Gasteiger partial charge in [-0.15, -0.1) is 0 Å². The molecule has 0 saturated carbocycles. The molecule has 0 bridgehead atoms. The lowest BCUT2D eigenvalue weighted by molar-refractivity contribution is -0.135. The van der Waals surface area contributed by atoms with E-state index in [-0.39, 0.29) is 30.4 Å². The smallest absolute Gasteiger partial charge is 0.293 e. The topological polar surface area (TPSA) is 105 Å². The molecule has 1 aromatic carbocycles. The number of nitrogens with one attached hydrogen (secondary N) is 1. The predicted octanol–water partition coefficient (Wildman–Crippen LogP) is 1.31. The molecule has 0 heterocycles. The first-order valence-electron chi connectivity index (χ1n) is 10.4. The average molecular weight is 448 g/mol. The van der Waals surface area contributed by atoms with E-state index in [1.54, 1.807) is 51.5 Å². The molecule has 0 aliphatic carbocycles. The summed E-state index contributed by atoms with van der Waals surface area (Å²) in [5.74, 6) is -0.644. The Kier molecular flexibility index (Phi) is 12.4. The molecule has 32 heavy (non-hydrogen) atoms. The summed E-state index contributed by atoms with van der Waals surface area (Å²) in [5, 5.41) is 2.91. The van der Waals surface area contributed by atoms with Gasteiger partial charge in [0.25, 0.3) is 6.47 Å². The van der Waals surface area contributed by atoms with Crippen LogP contribution in [-0.2, 0) is 35.1 Å². The van der Waals surface area contributed by atoms with Crippen molar-refractivity contribution in [3.8, 4) is 0 Å². The van der Waals surface area contributed by atoms with Crippen molar-refractivity contribution in [2.45, 2.75) is 26.2 Å². The fraction of sp³-hybridized carbons (Fsp3) is 0.478. The van der Waals surface area contributed by atoms with Crippen molar-refractivity contribution >= 4 is 29.8 Å². The highest BCUT2D eigenvalue weighted by atomic mass is 16.5. The molecule has 0 aliphatic heterocycles. The summed E-state index contributed by atoms with van der Waals surface area (Å²) in [6, 6.07) is 7.10. The minimum absolute atomic E-state index is 0.0130. The second-order valence-corrected chi connectivity index (χ2v) is 7.26. The lowest BCUT2D eigenvalue weighted by Crippen LogP contribution is -2.36. The van der Waals surface area contributed by atoms with Crippen LogP contribution in [0.25, 0.3) is 0 Å². The van der Waals surface area contributed by atoms with Crippen LogP contribution < -0.4 is 10.2 Å². The van der Waals surface area contributed by atoms with E-state index >= 15 is 0 Å². The van der Waals surface area contributed by atoms with Gasteiger partial charge in [-0.1, -0.05) is 12.1 Å². The number of rotatable bonds is 15. The van der Waals surface area contributed by atoms with Gasteiger partial charge in [0.05, 0.1) is 13.2 Å². The molecule has 9 heteroatoms. The molecule has 1 N–H and O–H groups in total. The zero-order valence-electron chi connectivity index (χ0n) is 19.3. The number of anilines is 1. The molecule has 1 rings (SSSR count). The summed E-state index contributed by atoms with van der Waals surface area (Å²) in [6.07, 6.45) is 2.15. The summed E-state index contributed by atoms with van der Waals surface area (Å²) in [7, 11) is 4.98. The molecule has 2 amide bonds. The van der Waals surface area contributed by atoms with Crippen LogP contribution in [0, 0.1) is 0 Å². The third-order valence-corrected chi connectivity index (χ3v) is 4.77. The molecule has 0 fully saturated rings. The first-order valence-corrected chi connectivity index (χ1v) is 10.4. The van der Waals surface area contributed by atoms with Gasteiger partial charge in [-0.25, -0.2) is 0 Å². The zero-order chi connectivity index (χ0) is 23.9. The fourth-order valence-electron chi connectivity index (χ4n) is 2.65. The van der Waals surface area contributed by atoms with E-state index in [1.807, 2.05) is 6.92 Å². The van der Waals surface area contributed by atoms with Crippen LogP contribution in [-0.4, -0.2) is 76.5 Å². The fourth-order valence-corrected chi connectivity index (χ4v) is 2.65. The maximum Gasteiger partial charge on any atom is 0.293 e. The van der Waals surface area contributed by atoms with E-state index in [2.05, 4.69) is 10.1 Å². The Hall–Kier alpha value is -3.20. The first kappa shape index (κ1) is 26.8. The molecule has 0 saturated heterocycles. The molecule has 0 aliphatic rings. The lowest BCUT2D eigenvalue weighted by Gasteiger charge is -2.21. The minimum atomic E-state index is -0.329. The van der Waals surface area contributed by atoms with E-state index in [1.165, 1.54) is 9.80 Å². The molecule has 9 nitrogen and oxygen atoms in total. The van der Waals surface area contributed by atoms with Gasteiger partial charge in [-0.05, 0) is 24.6 Å². The van der Waals surface area contributed by atoms with Crippen molar-refractivity contribution in [1.82, 2.24) is 10.2 Å².